The van der Waals surface area contributed by atoms with Gasteiger partial charge in [0.2, 0.25) is 0 Å². The van der Waals surface area contributed by atoms with Crippen LogP contribution in [0.25, 0.3) is 0 Å². The van der Waals surface area contributed by atoms with Gasteiger partial charge in [0.15, 0.2) is 0 Å². The number of anilines is 1. The van der Waals surface area contributed by atoms with E-state index >= 15 is 0 Å². The molecule has 1 aliphatic rings. The van der Waals surface area contributed by atoms with Gasteiger partial charge in [-0.25, -0.2) is 5.01 Å². The van der Waals surface area contributed by atoms with Crippen molar-refractivity contribution in [1.82, 2.24) is 9.99 Å². The second kappa shape index (κ2) is 2.73. The highest BCUT2D eigenvalue weighted by Crippen LogP contribution is 2.16. The number of hydrazine groups is 1. The van der Waals surface area contributed by atoms with Crippen molar-refractivity contribution >= 4 is 5.69 Å². The standard InChI is InChI=1S/C8H12N4/c9-7-3-6-5-12(10)2-1-8(6)11-4-7/h3-4H,1-2,5,9-10H2. The normalized spacial score (nSPS) is 17.4. The molecule has 1 aromatic heterocycles. The lowest BCUT2D eigenvalue weighted by molar-refractivity contribution is 0.260. The summed E-state index contributed by atoms with van der Waals surface area (Å²) in [7, 11) is 0. The van der Waals surface area contributed by atoms with Crippen molar-refractivity contribution in [2.45, 2.75) is 13.0 Å². The molecule has 0 aromatic carbocycles. The third-order valence-electron chi connectivity index (χ3n) is 2.09. The van der Waals surface area contributed by atoms with Crippen molar-refractivity contribution in [2.75, 3.05) is 12.3 Å². The van der Waals surface area contributed by atoms with E-state index in [4.69, 9.17) is 11.6 Å². The fraction of sp³-hybridized carbons (Fsp3) is 0.375. The van der Waals surface area contributed by atoms with Crippen LogP contribution >= 0.6 is 0 Å². The van der Waals surface area contributed by atoms with Crippen LogP contribution in [0, 0.1) is 0 Å². The van der Waals surface area contributed by atoms with Gasteiger partial charge in [0.05, 0.1) is 11.9 Å². The summed E-state index contributed by atoms with van der Waals surface area (Å²) in [6.45, 7) is 1.64. The molecule has 0 fully saturated rings. The number of hydrogen-bond acceptors (Lipinski definition) is 4. The maximum Gasteiger partial charge on any atom is 0.0504 e. The molecule has 0 aliphatic carbocycles. The fourth-order valence-corrected chi connectivity index (χ4v) is 1.47. The quantitative estimate of drug-likeness (QED) is 0.525. The van der Waals surface area contributed by atoms with Gasteiger partial charge >= 0.3 is 0 Å². The zero-order valence-electron chi connectivity index (χ0n) is 6.83. The summed E-state index contributed by atoms with van der Waals surface area (Å²) >= 11 is 0. The molecular formula is C8H12N4. The maximum atomic E-state index is 5.66. The molecule has 0 saturated carbocycles. The van der Waals surface area contributed by atoms with E-state index in [1.165, 1.54) is 0 Å². The van der Waals surface area contributed by atoms with Crippen molar-refractivity contribution in [3.63, 3.8) is 0 Å². The van der Waals surface area contributed by atoms with E-state index in [2.05, 4.69) is 4.98 Å². The van der Waals surface area contributed by atoms with E-state index in [1.54, 1.807) is 11.2 Å². The summed E-state index contributed by atoms with van der Waals surface area (Å²) in [5.74, 6) is 5.66. The number of nitrogen functional groups attached to an aromatic ring is 1. The molecule has 0 bridgehead atoms. The summed E-state index contributed by atoms with van der Waals surface area (Å²) < 4.78 is 0. The van der Waals surface area contributed by atoms with Crippen LogP contribution in [-0.2, 0) is 13.0 Å². The largest absolute Gasteiger partial charge is 0.397 e. The van der Waals surface area contributed by atoms with E-state index in [1.807, 2.05) is 6.07 Å². The Bertz CT molecular complexity index is 297. The minimum Gasteiger partial charge on any atom is -0.397 e. The second-order valence-electron chi connectivity index (χ2n) is 3.09. The highest BCUT2D eigenvalue weighted by molar-refractivity contribution is 5.40. The van der Waals surface area contributed by atoms with E-state index in [9.17, 15) is 0 Å². The zero-order valence-corrected chi connectivity index (χ0v) is 6.83. The molecule has 0 amide bonds. The second-order valence-corrected chi connectivity index (χ2v) is 3.09. The monoisotopic (exact) mass is 164 g/mol. The van der Waals surface area contributed by atoms with Crippen LogP contribution in [0.2, 0.25) is 0 Å². The number of pyridine rings is 1. The van der Waals surface area contributed by atoms with E-state index in [0.717, 1.165) is 30.8 Å². The Hall–Kier alpha value is -1.13. The van der Waals surface area contributed by atoms with Crippen LogP contribution in [-0.4, -0.2) is 16.5 Å². The van der Waals surface area contributed by atoms with Gasteiger partial charge in [0, 0.05) is 25.2 Å². The van der Waals surface area contributed by atoms with E-state index in [0.29, 0.717) is 5.69 Å². The molecule has 2 heterocycles. The van der Waals surface area contributed by atoms with E-state index in [-0.39, 0.29) is 0 Å². The van der Waals surface area contributed by atoms with Crippen LogP contribution in [0.15, 0.2) is 12.3 Å². The van der Waals surface area contributed by atoms with E-state index < -0.39 is 0 Å². The molecule has 2 rings (SSSR count). The van der Waals surface area contributed by atoms with Gasteiger partial charge in [-0.1, -0.05) is 0 Å². The van der Waals surface area contributed by atoms with Gasteiger partial charge in [-0.2, -0.15) is 0 Å². The highest BCUT2D eigenvalue weighted by atomic mass is 15.4. The first-order valence-corrected chi connectivity index (χ1v) is 3.98. The predicted octanol–water partition coefficient (Wildman–Crippen LogP) is -0.104. The molecule has 1 aliphatic heterocycles. The van der Waals surface area contributed by atoms with Crippen molar-refractivity contribution in [2.24, 2.45) is 5.84 Å². The number of nitrogens with two attached hydrogens (primary N) is 2. The minimum absolute atomic E-state index is 0.712. The van der Waals surface area contributed by atoms with Gasteiger partial charge in [-0.05, 0) is 11.6 Å². The molecule has 0 saturated heterocycles. The summed E-state index contributed by atoms with van der Waals surface area (Å²) in [5.41, 5.74) is 8.60. The number of aromatic nitrogens is 1. The Morgan fingerprint density at radius 1 is 1.50 bits per heavy atom. The molecule has 64 valence electrons. The predicted molar refractivity (Wildman–Crippen MR) is 47.0 cm³/mol. The molecular weight excluding hydrogens is 152 g/mol. The third-order valence-corrected chi connectivity index (χ3v) is 2.09. The lowest BCUT2D eigenvalue weighted by atomic mass is 10.1. The molecule has 0 radical (unpaired) electrons. The van der Waals surface area contributed by atoms with Crippen LogP contribution in [0.5, 0.6) is 0 Å². The molecule has 12 heavy (non-hydrogen) atoms. The SMILES string of the molecule is Nc1cnc2c(c1)CN(N)CC2. The summed E-state index contributed by atoms with van der Waals surface area (Å²) in [6.07, 6.45) is 2.62. The number of fused-ring (bicyclic) bond motifs is 1. The van der Waals surface area contributed by atoms with Crippen LogP contribution in [0.1, 0.15) is 11.3 Å². The van der Waals surface area contributed by atoms with Gasteiger partial charge < -0.3 is 5.73 Å². The number of hydrogen-bond donors (Lipinski definition) is 2. The average molecular weight is 164 g/mol. The molecule has 1 aromatic rings. The Morgan fingerprint density at radius 3 is 3.17 bits per heavy atom. The summed E-state index contributed by atoms with van der Waals surface area (Å²) in [6, 6.07) is 1.95. The fourth-order valence-electron chi connectivity index (χ4n) is 1.47. The van der Waals surface area contributed by atoms with Crippen LogP contribution in [0.4, 0.5) is 5.69 Å². The number of rotatable bonds is 0. The van der Waals surface area contributed by atoms with Crippen molar-refractivity contribution in [1.29, 1.82) is 0 Å². The third kappa shape index (κ3) is 1.26. The van der Waals surface area contributed by atoms with Gasteiger partial charge in [0.25, 0.3) is 0 Å². The first kappa shape index (κ1) is 7.52. The average Bonchev–Trinajstić information content (AvgIpc) is 2.03. The topological polar surface area (TPSA) is 68.2 Å². The first-order chi connectivity index (χ1) is 5.75. The lowest BCUT2D eigenvalue weighted by Gasteiger charge is -2.23. The van der Waals surface area contributed by atoms with Crippen LogP contribution < -0.4 is 11.6 Å². The molecule has 0 spiro atoms. The smallest absolute Gasteiger partial charge is 0.0504 e. The van der Waals surface area contributed by atoms with Crippen molar-refractivity contribution in [3.05, 3.63) is 23.5 Å². The van der Waals surface area contributed by atoms with Gasteiger partial charge in [-0.15, -0.1) is 0 Å². The number of nitrogens with zero attached hydrogens (tertiary/aromatic N) is 2. The van der Waals surface area contributed by atoms with Gasteiger partial charge in [0.1, 0.15) is 0 Å². The Balaban J connectivity index is 2.37. The molecule has 4 nitrogen and oxygen atoms in total. The molecule has 0 unspecified atom stereocenters. The van der Waals surface area contributed by atoms with Gasteiger partial charge in [-0.3, -0.25) is 10.8 Å². The summed E-state index contributed by atoms with van der Waals surface area (Å²) in [4.78, 5) is 4.25. The Kier molecular flexibility index (Phi) is 1.71. The molecule has 4 heteroatoms. The Labute approximate surface area is 71.1 Å². The van der Waals surface area contributed by atoms with Crippen LogP contribution in [0.3, 0.4) is 0 Å². The highest BCUT2D eigenvalue weighted by Gasteiger charge is 2.13. The first-order valence-electron chi connectivity index (χ1n) is 3.98. The molecule has 4 N–H and O–H groups in total. The molecule has 0 atom stereocenters. The summed E-state index contributed by atoms with van der Waals surface area (Å²) in [5, 5.41) is 1.78. The maximum absolute atomic E-state index is 5.66. The van der Waals surface area contributed by atoms with Crippen molar-refractivity contribution < 1.29 is 0 Å². The zero-order chi connectivity index (χ0) is 8.55. The van der Waals surface area contributed by atoms with Crippen molar-refractivity contribution in [3.8, 4) is 0 Å². The minimum atomic E-state index is 0.712. The lowest BCUT2D eigenvalue weighted by Crippen LogP contribution is -2.36. The Morgan fingerprint density at radius 2 is 2.33 bits per heavy atom.